The van der Waals surface area contributed by atoms with Crippen molar-refractivity contribution in [2.45, 2.75) is 38.0 Å². The Balaban J connectivity index is 1.30. The molecule has 8 heteroatoms. The van der Waals surface area contributed by atoms with Gasteiger partial charge in [0.1, 0.15) is 12.2 Å². The molecule has 0 aromatic heterocycles. The monoisotopic (exact) mass is 601 g/mol. The maximum absolute atomic E-state index is 14.3. The number of hydrazine groups is 1. The minimum absolute atomic E-state index is 0.00481. The molecule has 6 rings (SSSR count). The van der Waals surface area contributed by atoms with Gasteiger partial charge in [0, 0.05) is 26.1 Å². The van der Waals surface area contributed by atoms with Gasteiger partial charge in [-0.05, 0) is 35.6 Å². The summed E-state index contributed by atoms with van der Waals surface area (Å²) >= 11 is 0. The lowest BCUT2D eigenvalue weighted by atomic mass is 9.88. The first-order chi connectivity index (χ1) is 21.9. The lowest BCUT2D eigenvalue weighted by Gasteiger charge is -2.54. The molecule has 2 aliphatic rings. The Morgan fingerprint density at radius 3 is 2.00 bits per heavy atom. The zero-order chi connectivity index (χ0) is 31.3. The zero-order valence-corrected chi connectivity index (χ0v) is 25.8. The van der Waals surface area contributed by atoms with E-state index in [0.717, 1.165) is 16.7 Å². The van der Waals surface area contributed by atoms with Crippen LogP contribution >= 0.6 is 0 Å². The fourth-order valence-electron chi connectivity index (χ4n) is 6.50. The molecule has 2 heterocycles. The van der Waals surface area contributed by atoms with E-state index in [9.17, 15) is 14.4 Å². The van der Waals surface area contributed by atoms with Gasteiger partial charge in [0.2, 0.25) is 11.8 Å². The Hall–Kier alpha value is -4.95. The first-order valence-electron chi connectivity index (χ1n) is 15.5. The van der Waals surface area contributed by atoms with Crippen LogP contribution in [0.5, 0.6) is 0 Å². The van der Waals surface area contributed by atoms with E-state index in [4.69, 9.17) is 0 Å². The highest BCUT2D eigenvalue weighted by atomic mass is 16.2. The Morgan fingerprint density at radius 2 is 1.40 bits per heavy atom. The van der Waals surface area contributed by atoms with Crippen LogP contribution in [0.2, 0.25) is 0 Å². The third kappa shape index (κ3) is 6.47. The standard InChI is InChI=1S/C37H39N5O3/c1-27-18-20-28(21-19-27)24-38-37(45)42-33-25-40(23-22-32(29-12-6-3-7-13-29)30-14-8-4-9-15-30)36(44)35(31-16-10-5-11-17-31)41(33)34(43)26-39(42)2/h3-21,32-33,35H,22-26H2,1-2H3,(H,38,45)/t33-,35-/m0/s1. The van der Waals surface area contributed by atoms with E-state index in [0.29, 0.717) is 19.5 Å². The summed E-state index contributed by atoms with van der Waals surface area (Å²) in [5, 5.41) is 6.32. The van der Waals surface area contributed by atoms with E-state index in [1.54, 1.807) is 22.0 Å². The van der Waals surface area contributed by atoms with Crippen molar-refractivity contribution >= 4 is 17.8 Å². The van der Waals surface area contributed by atoms with Gasteiger partial charge >= 0.3 is 6.03 Å². The minimum atomic E-state index is -0.828. The fraction of sp³-hybridized carbons (Fsp3) is 0.270. The van der Waals surface area contributed by atoms with Gasteiger partial charge in [0.25, 0.3) is 0 Å². The molecular formula is C37H39N5O3. The molecule has 0 aliphatic carbocycles. The van der Waals surface area contributed by atoms with Gasteiger partial charge in [-0.25, -0.2) is 14.8 Å². The van der Waals surface area contributed by atoms with Crippen molar-refractivity contribution in [3.63, 3.8) is 0 Å². The number of carbonyl (C=O) groups excluding carboxylic acids is 3. The molecule has 0 unspecified atom stereocenters. The Bertz CT molecular complexity index is 1580. The predicted octanol–water partition coefficient (Wildman–Crippen LogP) is 5.33. The predicted molar refractivity (Wildman–Crippen MR) is 174 cm³/mol. The molecule has 230 valence electrons. The van der Waals surface area contributed by atoms with Gasteiger partial charge in [-0.15, -0.1) is 0 Å². The number of hydrogen-bond acceptors (Lipinski definition) is 4. The van der Waals surface area contributed by atoms with Gasteiger partial charge < -0.3 is 15.1 Å². The number of urea groups is 1. The number of aryl methyl sites for hydroxylation is 1. The van der Waals surface area contributed by atoms with E-state index < -0.39 is 12.2 Å². The molecular weight excluding hydrogens is 562 g/mol. The Labute approximate surface area is 264 Å². The molecule has 4 amide bonds. The smallest absolute Gasteiger partial charge is 0.334 e. The number of likely N-dealkylation sites (N-methyl/N-ethyl adjacent to an activating group) is 1. The minimum Gasteiger partial charge on any atom is -0.337 e. The highest BCUT2D eigenvalue weighted by Crippen LogP contribution is 2.36. The van der Waals surface area contributed by atoms with Gasteiger partial charge in [0.05, 0.1) is 13.1 Å². The molecule has 8 nitrogen and oxygen atoms in total. The molecule has 2 saturated heterocycles. The van der Waals surface area contributed by atoms with Crippen molar-refractivity contribution < 1.29 is 14.4 Å². The van der Waals surface area contributed by atoms with Gasteiger partial charge in [-0.3, -0.25) is 9.59 Å². The second kappa shape index (κ2) is 13.4. The second-order valence-corrected chi connectivity index (χ2v) is 11.8. The quantitative estimate of drug-likeness (QED) is 0.296. The van der Waals surface area contributed by atoms with E-state index >= 15 is 0 Å². The number of nitrogens with one attached hydrogen (secondary N) is 1. The first-order valence-corrected chi connectivity index (χ1v) is 15.5. The highest BCUT2D eigenvalue weighted by molar-refractivity contribution is 5.92. The number of fused-ring (bicyclic) bond motifs is 1. The highest BCUT2D eigenvalue weighted by Gasteiger charge is 2.51. The van der Waals surface area contributed by atoms with Crippen LogP contribution in [-0.4, -0.2) is 70.5 Å². The molecule has 0 bridgehead atoms. The van der Waals surface area contributed by atoms with Crippen molar-refractivity contribution in [3.8, 4) is 0 Å². The molecule has 4 aromatic rings. The van der Waals surface area contributed by atoms with Crippen LogP contribution in [0, 0.1) is 6.92 Å². The summed E-state index contributed by atoms with van der Waals surface area (Å²) in [6.07, 6.45) is 0.0290. The molecule has 1 N–H and O–H groups in total. The summed E-state index contributed by atoms with van der Waals surface area (Å²) < 4.78 is 0. The summed E-state index contributed by atoms with van der Waals surface area (Å²) in [4.78, 5) is 45.2. The summed E-state index contributed by atoms with van der Waals surface area (Å²) in [5.74, 6) is -0.230. The maximum Gasteiger partial charge on any atom is 0.334 e. The lowest BCUT2D eigenvalue weighted by Crippen LogP contribution is -2.73. The van der Waals surface area contributed by atoms with Gasteiger partial charge in [-0.1, -0.05) is 121 Å². The van der Waals surface area contributed by atoms with Crippen LogP contribution in [0.1, 0.15) is 46.2 Å². The summed E-state index contributed by atoms with van der Waals surface area (Å²) in [6.45, 7) is 3.06. The van der Waals surface area contributed by atoms with Crippen LogP contribution in [0.3, 0.4) is 0 Å². The SMILES string of the molecule is Cc1ccc(CNC(=O)N2[C@H]3CN(CCC(c4ccccc4)c4ccccc4)C(=O)[C@H](c4ccccc4)N3C(=O)CN2C)cc1. The number of hydrogen-bond donors (Lipinski definition) is 1. The molecule has 0 radical (unpaired) electrons. The van der Waals surface area contributed by atoms with Crippen LogP contribution in [0.15, 0.2) is 115 Å². The Morgan fingerprint density at radius 1 is 0.822 bits per heavy atom. The average Bonchev–Trinajstić information content (AvgIpc) is 3.06. The van der Waals surface area contributed by atoms with Gasteiger partial charge in [-0.2, -0.15) is 0 Å². The molecule has 0 spiro atoms. The number of amides is 4. The Kier molecular flexibility index (Phi) is 8.93. The van der Waals surface area contributed by atoms with Crippen molar-refractivity contribution in [1.29, 1.82) is 0 Å². The summed E-state index contributed by atoms with van der Waals surface area (Å²) in [5.41, 5.74) is 5.23. The van der Waals surface area contributed by atoms with Crippen molar-refractivity contribution in [3.05, 3.63) is 143 Å². The third-order valence-electron chi connectivity index (χ3n) is 8.81. The molecule has 45 heavy (non-hydrogen) atoms. The molecule has 2 atom stereocenters. The molecule has 0 saturated carbocycles. The molecule has 4 aromatic carbocycles. The number of carbonyl (C=O) groups is 3. The average molecular weight is 602 g/mol. The topological polar surface area (TPSA) is 76.2 Å². The third-order valence-corrected chi connectivity index (χ3v) is 8.81. The van der Waals surface area contributed by atoms with E-state index in [2.05, 4.69) is 29.6 Å². The number of nitrogens with zero attached hydrogens (tertiary/aromatic N) is 4. The molecule has 2 aliphatic heterocycles. The van der Waals surface area contributed by atoms with E-state index in [1.165, 1.54) is 11.1 Å². The van der Waals surface area contributed by atoms with Crippen molar-refractivity contribution in [2.75, 3.05) is 26.7 Å². The van der Waals surface area contributed by atoms with E-state index in [1.807, 2.05) is 103 Å². The number of rotatable bonds is 8. The number of benzene rings is 4. The van der Waals surface area contributed by atoms with Crippen LogP contribution in [0.4, 0.5) is 4.79 Å². The van der Waals surface area contributed by atoms with E-state index in [-0.39, 0.29) is 36.9 Å². The van der Waals surface area contributed by atoms with Crippen LogP contribution in [-0.2, 0) is 16.1 Å². The van der Waals surface area contributed by atoms with Gasteiger partial charge in [0.15, 0.2) is 0 Å². The van der Waals surface area contributed by atoms with Crippen LogP contribution in [0.25, 0.3) is 0 Å². The largest absolute Gasteiger partial charge is 0.337 e. The second-order valence-electron chi connectivity index (χ2n) is 11.8. The number of piperazine rings is 1. The fourth-order valence-corrected chi connectivity index (χ4v) is 6.50. The normalized spacial score (nSPS) is 18.7. The van der Waals surface area contributed by atoms with Crippen LogP contribution < -0.4 is 5.32 Å². The van der Waals surface area contributed by atoms with Crippen molar-refractivity contribution in [2.24, 2.45) is 0 Å². The maximum atomic E-state index is 14.3. The lowest BCUT2D eigenvalue weighted by molar-refractivity contribution is -0.187. The zero-order valence-electron chi connectivity index (χ0n) is 25.8. The first kappa shape index (κ1) is 30.1. The van der Waals surface area contributed by atoms with Crippen molar-refractivity contribution in [1.82, 2.24) is 25.1 Å². The summed E-state index contributed by atoms with van der Waals surface area (Å²) in [7, 11) is 1.75. The molecule has 2 fully saturated rings. The summed E-state index contributed by atoms with van der Waals surface area (Å²) in [6, 6.07) is 37.0.